The van der Waals surface area contributed by atoms with Crippen molar-refractivity contribution >= 4 is 16.9 Å². The topological polar surface area (TPSA) is 72.0 Å². The molecule has 1 fully saturated rings. The van der Waals surface area contributed by atoms with Gasteiger partial charge >= 0.3 is 0 Å². The van der Waals surface area contributed by atoms with E-state index in [1.54, 1.807) is 12.1 Å². The number of fused-ring (bicyclic) bond motifs is 2. The van der Waals surface area contributed by atoms with E-state index in [0.29, 0.717) is 11.5 Å². The van der Waals surface area contributed by atoms with E-state index in [4.69, 9.17) is 15.9 Å². The predicted octanol–water partition coefficient (Wildman–Crippen LogP) is 4.72. The molecule has 4 nitrogen and oxygen atoms in total. The first-order chi connectivity index (χ1) is 13.0. The molecule has 2 heterocycles. The van der Waals surface area contributed by atoms with Gasteiger partial charge in [0.2, 0.25) is 5.95 Å². The summed E-state index contributed by atoms with van der Waals surface area (Å²) in [6.45, 7) is 2.25. The number of nitrogens with zero attached hydrogens (tertiary/aromatic N) is 1. The van der Waals surface area contributed by atoms with Crippen LogP contribution in [0.2, 0.25) is 0 Å². The largest absolute Gasteiger partial charge is 0.490 e. The van der Waals surface area contributed by atoms with Gasteiger partial charge in [0.25, 0.3) is 0 Å². The molecule has 0 saturated heterocycles. The molecule has 1 aliphatic heterocycles. The van der Waals surface area contributed by atoms with Crippen molar-refractivity contribution in [1.29, 1.82) is 5.41 Å². The molecule has 2 aromatic rings. The van der Waals surface area contributed by atoms with E-state index in [-0.39, 0.29) is 16.7 Å². The Bertz CT molecular complexity index is 874. The zero-order chi connectivity index (χ0) is 19.0. The third kappa shape index (κ3) is 3.31. The Kier molecular flexibility index (Phi) is 4.84. The summed E-state index contributed by atoms with van der Waals surface area (Å²) in [4.78, 5) is 3.78. The van der Waals surface area contributed by atoms with Crippen LogP contribution in [-0.2, 0) is 5.41 Å². The van der Waals surface area contributed by atoms with Crippen LogP contribution >= 0.6 is 11.8 Å². The monoisotopic (exact) mass is 385 g/mol. The molecule has 1 aliphatic carbocycles. The van der Waals surface area contributed by atoms with Crippen LogP contribution in [0, 0.1) is 17.3 Å². The van der Waals surface area contributed by atoms with Gasteiger partial charge in [-0.2, -0.15) is 4.39 Å². The number of halogens is 1. The van der Waals surface area contributed by atoms with Gasteiger partial charge < -0.3 is 10.5 Å². The first-order valence-electron chi connectivity index (χ1n) is 9.38. The second-order valence-corrected chi connectivity index (χ2v) is 8.69. The molecule has 3 atom stereocenters. The van der Waals surface area contributed by atoms with Crippen LogP contribution in [-0.4, -0.2) is 22.0 Å². The molecule has 142 valence electrons. The standard InChI is InChI=1S/C21H24FN3OS/c1-21(12-27-20(23)24)15-6-2-3-7-17(15)26-18-9-8-13(11-16(18)21)14-5-4-10-25-19(14)22/h4-5,8-11,15,17H,2-3,6-7,12H2,1H3,(H3,23,24). The summed E-state index contributed by atoms with van der Waals surface area (Å²) in [6.07, 6.45) is 6.20. The van der Waals surface area contributed by atoms with Crippen LogP contribution in [0.3, 0.4) is 0 Å². The molecule has 1 saturated carbocycles. The summed E-state index contributed by atoms with van der Waals surface area (Å²) >= 11 is 1.38. The fourth-order valence-corrected chi connectivity index (χ4v) is 5.41. The van der Waals surface area contributed by atoms with Gasteiger partial charge in [-0.25, -0.2) is 4.98 Å². The summed E-state index contributed by atoms with van der Waals surface area (Å²) in [6, 6.07) is 9.40. The second kappa shape index (κ2) is 7.15. The zero-order valence-corrected chi connectivity index (χ0v) is 16.2. The van der Waals surface area contributed by atoms with Crippen LogP contribution in [0.15, 0.2) is 36.5 Å². The number of aromatic nitrogens is 1. The average molecular weight is 386 g/mol. The van der Waals surface area contributed by atoms with Crippen molar-refractivity contribution in [2.75, 3.05) is 5.75 Å². The molecule has 0 radical (unpaired) electrons. The summed E-state index contributed by atoms with van der Waals surface area (Å²) in [5.41, 5.74) is 7.86. The number of ether oxygens (including phenoxy) is 1. The molecule has 2 aliphatic rings. The molecule has 0 amide bonds. The summed E-state index contributed by atoms with van der Waals surface area (Å²) in [5, 5.41) is 7.80. The Morgan fingerprint density at radius 2 is 2.19 bits per heavy atom. The molecule has 3 unspecified atom stereocenters. The number of amidine groups is 1. The number of thioether (sulfide) groups is 1. The minimum Gasteiger partial charge on any atom is -0.490 e. The van der Waals surface area contributed by atoms with E-state index in [2.05, 4.69) is 11.9 Å². The van der Waals surface area contributed by atoms with E-state index < -0.39 is 5.95 Å². The van der Waals surface area contributed by atoms with Gasteiger partial charge in [-0.1, -0.05) is 31.2 Å². The molecule has 0 bridgehead atoms. The molecule has 4 rings (SSSR count). The lowest BCUT2D eigenvalue weighted by Crippen LogP contribution is -2.49. The number of benzene rings is 1. The predicted molar refractivity (Wildman–Crippen MR) is 108 cm³/mol. The number of nitrogens with one attached hydrogen (secondary N) is 1. The van der Waals surface area contributed by atoms with E-state index in [1.165, 1.54) is 30.8 Å². The van der Waals surface area contributed by atoms with Crippen LogP contribution in [0.4, 0.5) is 4.39 Å². The molecule has 27 heavy (non-hydrogen) atoms. The summed E-state index contributed by atoms with van der Waals surface area (Å²) in [5.74, 6) is 1.50. The Balaban J connectivity index is 1.81. The highest BCUT2D eigenvalue weighted by Gasteiger charge is 2.47. The molecular weight excluding hydrogens is 361 g/mol. The molecule has 3 N–H and O–H groups in total. The summed E-state index contributed by atoms with van der Waals surface area (Å²) < 4.78 is 20.6. The highest BCUT2D eigenvalue weighted by Crippen LogP contribution is 2.51. The van der Waals surface area contributed by atoms with Crippen LogP contribution in [0.5, 0.6) is 5.75 Å². The minimum absolute atomic E-state index is 0.131. The van der Waals surface area contributed by atoms with Crippen molar-refractivity contribution in [2.45, 2.75) is 44.1 Å². The number of hydrogen-bond acceptors (Lipinski definition) is 4. The first kappa shape index (κ1) is 18.3. The van der Waals surface area contributed by atoms with E-state index >= 15 is 0 Å². The van der Waals surface area contributed by atoms with Gasteiger partial charge in [0.05, 0.1) is 0 Å². The van der Waals surface area contributed by atoms with E-state index in [1.807, 2.05) is 18.2 Å². The van der Waals surface area contributed by atoms with Crippen molar-refractivity contribution in [3.8, 4) is 16.9 Å². The van der Waals surface area contributed by atoms with E-state index in [9.17, 15) is 4.39 Å². The van der Waals surface area contributed by atoms with Crippen LogP contribution < -0.4 is 10.5 Å². The molecule has 0 spiro atoms. The number of hydrogen-bond donors (Lipinski definition) is 2. The summed E-state index contributed by atoms with van der Waals surface area (Å²) in [7, 11) is 0. The fourth-order valence-electron chi connectivity index (χ4n) is 4.59. The maximum atomic E-state index is 14.2. The normalized spacial score (nSPS) is 26.6. The second-order valence-electron chi connectivity index (χ2n) is 7.67. The Morgan fingerprint density at radius 1 is 1.37 bits per heavy atom. The van der Waals surface area contributed by atoms with Crippen LogP contribution in [0.1, 0.15) is 38.2 Å². The first-order valence-corrected chi connectivity index (χ1v) is 10.4. The number of nitrogens with two attached hydrogens (primary N) is 1. The molecule has 6 heteroatoms. The lowest BCUT2D eigenvalue weighted by atomic mass is 9.64. The lowest BCUT2D eigenvalue weighted by Gasteiger charge is -2.49. The number of pyridine rings is 1. The van der Waals surface area contributed by atoms with Crippen molar-refractivity contribution in [2.24, 2.45) is 11.7 Å². The van der Waals surface area contributed by atoms with Gasteiger partial charge in [0, 0.05) is 34.4 Å². The Hall–Kier alpha value is -2.08. The fraction of sp³-hybridized carbons (Fsp3) is 0.429. The molecule has 1 aromatic heterocycles. The van der Waals surface area contributed by atoms with Crippen LogP contribution in [0.25, 0.3) is 11.1 Å². The quantitative estimate of drug-likeness (QED) is 0.455. The highest BCUT2D eigenvalue weighted by atomic mass is 32.2. The van der Waals surface area contributed by atoms with Gasteiger partial charge in [-0.15, -0.1) is 0 Å². The van der Waals surface area contributed by atoms with Gasteiger partial charge in [0.15, 0.2) is 5.17 Å². The lowest BCUT2D eigenvalue weighted by molar-refractivity contribution is 0.0294. The maximum absolute atomic E-state index is 14.2. The maximum Gasteiger partial charge on any atom is 0.220 e. The third-order valence-corrected chi connectivity index (χ3v) is 7.05. The van der Waals surface area contributed by atoms with E-state index in [0.717, 1.165) is 35.5 Å². The zero-order valence-electron chi connectivity index (χ0n) is 15.4. The third-order valence-electron chi connectivity index (χ3n) is 5.99. The van der Waals surface area contributed by atoms with Gasteiger partial charge in [-0.3, -0.25) is 5.41 Å². The smallest absolute Gasteiger partial charge is 0.220 e. The minimum atomic E-state index is -0.468. The molecular formula is C21H24FN3OS. The van der Waals surface area contributed by atoms with Gasteiger partial charge in [-0.05, 0) is 49.1 Å². The Morgan fingerprint density at radius 3 is 2.96 bits per heavy atom. The van der Waals surface area contributed by atoms with Crippen molar-refractivity contribution < 1.29 is 9.13 Å². The highest BCUT2D eigenvalue weighted by molar-refractivity contribution is 8.13. The van der Waals surface area contributed by atoms with Crippen molar-refractivity contribution in [3.63, 3.8) is 0 Å². The van der Waals surface area contributed by atoms with Crippen molar-refractivity contribution in [1.82, 2.24) is 4.98 Å². The molecule has 1 aromatic carbocycles. The van der Waals surface area contributed by atoms with Crippen molar-refractivity contribution in [3.05, 3.63) is 48.0 Å². The average Bonchev–Trinajstić information content (AvgIpc) is 2.67. The van der Waals surface area contributed by atoms with Gasteiger partial charge in [0.1, 0.15) is 11.9 Å². The Labute approximate surface area is 163 Å². The SMILES string of the molecule is CC1(CSC(=N)N)c2cc(-c3cccnc3F)ccc2OC2CCCCC21. The number of rotatable bonds is 3.